The van der Waals surface area contributed by atoms with Crippen LogP contribution in [0, 0.1) is 0 Å². The van der Waals surface area contributed by atoms with Gasteiger partial charge in [-0.15, -0.1) is 23.5 Å². The molecule has 0 heterocycles. The molecule has 0 aliphatic carbocycles. The third-order valence-corrected chi connectivity index (χ3v) is 9.63. The molecule has 0 aromatic heterocycles. The van der Waals surface area contributed by atoms with Gasteiger partial charge >= 0.3 is 23.9 Å². The number of amides is 5. The molecule has 0 aliphatic heterocycles. The first kappa shape index (κ1) is 48.6. The molecule has 5 amide bonds. The molecular formula is C31H46N8O15S2. The molecule has 0 radical (unpaired) electrons. The van der Waals surface area contributed by atoms with Crippen LogP contribution in [0.1, 0.15) is 37.7 Å². The van der Waals surface area contributed by atoms with Gasteiger partial charge < -0.3 is 74.4 Å². The molecule has 25 heteroatoms. The van der Waals surface area contributed by atoms with Gasteiger partial charge in [0.2, 0.25) is 29.5 Å². The summed E-state index contributed by atoms with van der Waals surface area (Å²) in [6.07, 6.45) is -1.56. The van der Waals surface area contributed by atoms with E-state index in [1.807, 2.05) is 0 Å². The smallest absolute Gasteiger partial charge is 0.322 e. The molecule has 4 atom stereocenters. The molecule has 17 N–H and O–H groups in total. The summed E-state index contributed by atoms with van der Waals surface area (Å²) < 4.78 is 0. The molecule has 0 aliphatic rings. The highest BCUT2D eigenvalue weighted by Gasteiger charge is 2.29. The Morgan fingerprint density at radius 1 is 0.625 bits per heavy atom. The molecule has 0 fully saturated rings. The number of carbonyl (C=O) groups excluding carboxylic acids is 5. The quantitative estimate of drug-likeness (QED) is 0.0297. The number of benzene rings is 1. The van der Waals surface area contributed by atoms with Crippen molar-refractivity contribution in [2.75, 3.05) is 37.7 Å². The third-order valence-electron chi connectivity index (χ3n) is 7.26. The average Bonchev–Trinajstić information content (AvgIpc) is 3.12. The Labute approximate surface area is 327 Å². The highest BCUT2D eigenvalue weighted by atomic mass is 32.2. The number of nitrogens with two attached hydrogens (primary N) is 3. The van der Waals surface area contributed by atoms with E-state index in [2.05, 4.69) is 26.6 Å². The first-order valence-electron chi connectivity index (χ1n) is 16.6. The Hall–Kier alpha value is -5.37. The van der Waals surface area contributed by atoms with Gasteiger partial charge in [-0.3, -0.25) is 43.2 Å². The van der Waals surface area contributed by atoms with Crippen molar-refractivity contribution >= 4 is 76.9 Å². The number of thioether (sulfide) groups is 2. The van der Waals surface area contributed by atoms with Gasteiger partial charge in [0.25, 0.3) is 0 Å². The lowest BCUT2D eigenvalue weighted by Gasteiger charge is -2.22. The normalized spacial score (nSPS) is 12.9. The topological polar surface area (TPSA) is 413 Å². The van der Waals surface area contributed by atoms with Crippen molar-refractivity contribution in [2.24, 2.45) is 17.2 Å². The number of carbonyl (C=O) groups is 9. The number of nitrogens with one attached hydrogen (secondary N) is 5. The molecule has 56 heavy (non-hydrogen) atoms. The van der Waals surface area contributed by atoms with E-state index in [1.165, 1.54) is 6.07 Å². The van der Waals surface area contributed by atoms with E-state index < -0.39 is 127 Å². The Kier molecular flexibility index (Phi) is 21.6. The standard InChI is InChI=1S/C31H46N8O15S2/c32-7-5-20(40)35-8-6-14-9-19(55-12-17(30(53)36-10-23(45)46)38-28(51)15(33)1-3-21(41)42)25(49)26(50)27(14)56-13-18(31(54)37-11-24(47)48)39-29(52)16(34)2-4-22(43)44/h9,15-18,49-50H,1-8,10-13,32-34H2,(H,35,40)(H,36,53)(H,37,54)(H,38,51)(H,39,52)(H,41,42)(H,43,44)(H,45,46)(H,47,48)/t15-,16-,17-,18-/m0/s1. The maximum absolute atomic E-state index is 12.9. The Morgan fingerprint density at radius 2 is 1.09 bits per heavy atom. The van der Waals surface area contributed by atoms with E-state index in [9.17, 15) is 53.4 Å². The van der Waals surface area contributed by atoms with Crippen LogP contribution in [0.25, 0.3) is 0 Å². The summed E-state index contributed by atoms with van der Waals surface area (Å²) >= 11 is 1.44. The van der Waals surface area contributed by atoms with Crippen LogP contribution < -0.4 is 43.8 Å². The van der Waals surface area contributed by atoms with E-state index in [0.717, 1.165) is 23.5 Å². The summed E-state index contributed by atoms with van der Waals surface area (Å²) in [5.41, 5.74) is 17.2. The second kappa shape index (κ2) is 24.9. The van der Waals surface area contributed by atoms with Crippen LogP contribution in [-0.2, 0) is 49.6 Å². The van der Waals surface area contributed by atoms with Crippen molar-refractivity contribution in [3.63, 3.8) is 0 Å². The SMILES string of the molecule is NCCC(=O)NCCc1cc(SC[C@H](NC(=O)[C@@H](N)CCC(=O)O)C(=O)NCC(=O)O)c(O)c(O)c1SC[C@H](NC(=O)[C@@H](N)CCC(=O)O)C(=O)NCC(=O)O. The number of carboxylic acids is 4. The number of hydrogen-bond acceptors (Lipinski definition) is 16. The van der Waals surface area contributed by atoms with Crippen LogP contribution in [0.2, 0.25) is 0 Å². The van der Waals surface area contributed by atoms with Gasteiger partial charge in [-0.2, -0.15) is 0 Å². The van der Waals surface area contributed by atoms with Gasteiger partial charge in [0.05, 0.1) is 21.9 Å². The van der Waals surface area contributed by atoms with Crippen LogP contribution >= 0.6 is 23.5 Å². The molecule has 0 saturated heterocycles. The van der Waals surface area contributed by atoms with E-state index in [4.69, 9.17) is 37.6 Å². The minimum absolute atomic E-state index is 0.0119. The van der Waals surface area contributed by atoms with Gasteiger partial charge in [-0.1, -0.05) is 0 Å². The molecule has 1 aromatic carbocycles. The summed E-state index contributed by atoms with van der Waals surface area (Å²) in [6.45, 7) is -1.66. The maximum atomic E-state index is 12.9. The molecule has 0 spiro atoms. The summed E-state index contributed by atoms with van der Waals surface area (Å²) in [6, 6.07) is -4.38. The number of carboxylic acid groups (broad SMARTS) is 4. The largest absolute Gasteiger partial charge is 0.503 e. The first-order chi connectivity index (χ1) is 26.3. The first-order valence-corrected chi connectivity index (χ1v) is 18.6. The van der Waals surface area contributed by atoms with Gasteiger partial charge in [0.15, 0.2) is 11.5 Å². The second-order valence-corrected chi connectivity index (χ2v) is 13.8. The van der Waals surface area contributed by atoms with Gasteiger partial charge in [-0.05, 0) is 30.9 Å². The Morgan fingerprint density at radius 3 is 1.52 bits per heavy atom. The zero-order valence-electron chi connectivity index (χ0n) is 29.8. The van der Waals surface area contributed by atoms with E-state index in [-0.39, 0.29) is 54.1 Å². The molecule has 0 unspecified atom stereocenters. The van der Waals surface area contributed by atoms with Crippen LogP contribution in [0.3, 0.4) is 0 Å². The van der Waals surface area contributed by atoms with Crippen molar-refractivity contribution < 1.29 is 73.8 Å². The van der Waals surface area contributed by atoms with Crippen molar-refractivity contribution in [1.29, 1.82) is 0 Å². The van der Waals surface area contributed by atoms with Crippen LogP contribution in [0.15, 0.2) is 15.9 Å². The number of aromatic hydroxyl groups is 2. The molecule has 0 saturated carbocycles. The van der Waals surface area contributed by atoms with Crippen molar-refractivity contribution in [2.45, 2.75) is 72.5 Å². The van der Waals surface area contributed by atoms with Gasteiger partial charge in [0, 0.05) is 43.9 Å². The van der Waals surface area contributed by atoms with E-state index >= 15 is 0 Å². The molecule has 0 bridgehead atoms. The summed E-state index contributed by atoms with van der Waals surface area (Å²) in [7, 11) is 0. The fourth-order valence-electron chi connectivity index (χ4n) is 4.34. The minimum Gasteiger partial charge on any atom is -0.503 e. The van der Waals surface area contributed by atoms with Gasteiger partial charge in [0.1, 0.15) is 25.2 Å². The van der Waals surface area contributed by atoms with Crippen molar-refractivity contribution in [1.82, 2.24) is 26.6 Å². The summed E-state index contributed by atoms with van der Waals surface area (Å²) in [5.74, 6) is -11.9. The monoisotopic (exact) mass is 834 g/mol. The Balaban J connectivity index is 3.50. The molecule has 1 rings (SSSR count). The fourth-order valence-corrected chi connectivity index (χ4v) is 6.52. The second-order valence-electron chi connectivity index (χ2n) is 11.7. The molecule has 312 valence electrons. The van der Waals surface area contributed by atoms with Crippen LogP contribution in [0.5, 0.6) is 11.5 Å². The number of phenolic OH excluding ortho intramolecular Hbond substituents is 2. The van der Waals surface area contributed by atoms with E-state index in [0.29, 0.717) is 0 Å². The zero-order chi connectivity index (χ0) is 42.5. The lowest BCUT2D eigenvalue weighted by atomic mass is 10.1. The number of phenols is 2. The highest BCUT2D eigenvalue weighted by Crippen LogP contribution is 2.45. The van der Waals surface area contributed by atoms with Crippen LogP contribution in [-0.4, -0.2) is 146 Å². The fraction of sp³-hybridized carbons (Fsp3) is 0.516. The molecule has 1 aromatic rings. The minimum atomic E-state index is -1.51. The summed E-state index contributed by atoms with van der Waals surface area (Å²) in [5, 5.41) is 69.5. The zero-order valence-corrected chi connectivity index (χ0v) is 31.4. The highest BCUT2D eigenvalue weighted by molar-refractivity contribution is 8.00. The molecular weight excluding hydrogens is 789 g/mol. The molecule has 23 nitrogen and oxygen atoms in total. The predicted molar refractivity (Wildman–Crippen MR) is 196 cm³/mol. The van der Waals surface area contributed by atoms with E-state index in [1.54, 1.807) is 0 Å². The number of rotatable bonds is 27. The summed E-state index contributed by atoms with van der Waals surface area (Å²) in [4.78, 5) is 107. The van der Waals surface area contributed by atoms with Crippen molar-refractivity contribution in [3.8, 4) is 11.5 Å². The Bertz CT molecular complexity index is 1620. The number of hydrogen-bond donors (Lipinski definition) is 14. The average molecular weight is 835 g/mol. The third kappa shape index (κ3) is 18.3. The lowest BCUT2D eigenvalue weighted by Crippen LogP contribution is -2.53. The van der Waals surface area contributed by atoms with Crippen LogP contribution in [0.4, 0.5) is 0 Å². The van der Waals surface area contributed by atoms with Gasteiger partial charge in [-0.25, -0.2) is 0 Å². The predicted octanol–water partition coefficient (Wildman–Crippen LogP) is -3.96. The maximum Gasteiger partial charge on any atom is 0.322 e. The van der Waals surface area contributed by atoms with Crippen molar-refractivity contribution in [3.05, 3.63) is 11.6 Å². The lowest BCUT2D eigenvalue weighted by molar-refractivity contribution is -0.139. The number of aliphatic carboxylic acids is 4.